The molecule has 0 atom stereocenters. The summed E-state index contributed by atoms with van der Waals surface area (Å²) in [7, 11) is 0. The number of carboxylic acids is 1. The zero-order chi connectivity index (χ0) is 15.3. The summed E-state index contributed by atoms with van der Waals surface area (Å²) in [4.78, 5) is 22.2. The maximum absolute atomic E-state index is 11.8. The number of anilines is 1. The Kier molecular flexibility index (Phi) is 4.77. The predicted octanol–water partition coefficient (Wildman–Crippen LogP) is 0.467. The van der Waals surface area contributed by atoms with Crippen LogP contribution in [0.4, 0.5) is 5.69 Å². The quantitative estimate of drug-likeness (QED) is 0.676. The van der Waals surface area contributed by atoms with Crippen molar-refractivity contribution in [3.8, 4) is 5.75 Å². The van der Waals surface area contributed by atoms with Gasteiger partial charge in [-0.25, -0.2) is 4.79 Å². The van der Waals surface area contributed by atoms with E-state index in [0.29, 0.717) is 11.4 Å². The van der Waals surface area contributed by atoms with E-state index in [1.165, 1.54) is 0 Å². The molecule has 1 amide bonds. The second-order valence-electron chi connectivity index (χ2n) is 5.10. The summed E-state index contributed by atoms with van der Waals surface area (Å²) in [5.74, 6) is -0.940. The molecule has 1 aromatic rings. The molecule has 21 heavy (non-hydrogen) atoms. The Morgan fingerprint density at radius 2 is 2.14 bits per heavy atom. The van der Waals surface area contributed by atoms with Crippen LogP contribution in [0.1, 0.15) is 6.92 Å². The van der Waals surface area contributed by atoms with Crippen LogP contribution < -0.4 is 15.4 Å². The number of carbonyl (C=O) groups excluding carboxylic acids is 1. The van der Waals surface area contributed by atoms with Gasteiger partial charge < -0.3 is 25.2 Å². The highest BCUT2D eigenvalue weighted by atomic mass is 16.5. The first-order valence-corrected chi connectivity index (χ1v) is 6.56. The lowest BCUT2D eigenvalue weighted by atomic mass is 10.0. The van der Waals surface area contributed by atoms with Gasteiger partial charge in [0.25, 0.3) is 0 Å². The molecule has 7 heteroatoms. The van der Waals surface area contributed by atoms with Crippen LogP contribution in [0, 0.1) is 0 Å². The van der Waals surface area contributed by atoms with Crippen molar-refractivity contribution in [3.63, 3.8) is 0 Å². The average molecular weight is 294 g/mol. The maximum Gasteiger partial charge on any atom is 0.341 e. The highest BCUT2D eigenvalue weighted by Crippen LogP contribution is 2.18. The van der Waals surface area contributed by atoms with Gasteiger partial charge in [0.1, 0.15) is 12.4 Å². The fourth-order valence-corrected chi connectivity index (χ4v) is 1.82. The van der Waals surface area contributed by atoms with Gasteiger partial charge in [0.15, 0.2) is 6.61 Å². The van der Waals surface area contributed by atoms with E-state index in [-0.39, 0.29) is 18.1 Å². The SMILES string of the molecule is CC1(OCC(=O)Nc2cccc(OCC(=O)O)c2)CNC1. The zero-order valence-corrected chi connectivity index (χ0v) is 11.7. The van der Waals surface area contributed by atoms with E-state index >= 15 is 0 Å². The molecule has 1 heterocycles. The van der Waals surface area contributed by atoms with Crippen LogP contribution in [0.5, 0.6) is 5.75 Å². The molecule has 0 spiro atoms. The monoisotopic (exact) mass is 294 g/mol. The van der Waals surface area contributed by atoms with E-state index in [2.05, 4.69) is 10.6 Å². The number of hydrogen-bond acceptors (Lipinski definition) is 5. The van der Waals surface area contributed by atoms with E-state index < -0.39 is 12.6 Å². The first-order chi connectivity index (χ1) is 9.97. The van der Waals surface area contributed by atoms with Crippen LogP contribution in [0.15, 0.2) is 24.3 Å². The Bertz CT molecular complexity index is 528. The minimum atomic E-state index is -1.06. The molecule has 0 bridgehead atoms. The lowest BCUT2D eigenvalue weighted by Gasteiger charge is -2.38. The molecule has 3 N–H and O–H groups in total. The van der Waals surface area contributed by atoms with Crippen LogP contribution in [-0.4, -0.2) is 48.9 Å². The van der Waals surface area contributed by atoms with E-state index in [1.807, 2.05) is 6.92 Å². The maximum atomic E-state index is 11.8. The minimum Gasteiger partial charge on any atom is -0.482 e. The third-order valence-electron chi connectivity index (χ3n) is 3.03. The number of carbonyl (C=O) groups is 2. The van der Waals surface area contributed by atoms with Gasteiger partial charge >= 0.3 is 5.97 Å². The molecule has 0 aliphatic carbocycles. The summed E-state index contributed by atoms with van der Waals surface area (Å²) in [5.41, 5.74) is 0.257. The van der Waals surface area contributed by atoms with Crippen molar-refractivity contribution in [3.05, 3.63) is 24.3 Å². The smallest absolute Gasteiger partial charge is 0.341 e. The Morgan fingerprint density at radius 3 is 2.76 bits per heavy atom. The standard InChI is InChI=1S/C14H18N2O5/c1-14(8-15-9-14)21-6-12(17)16-10-3-2-4-11(5-10)20-7-13(18)19/h2-5,15H,6-9H2,1H3,(H,16,17)(H,18,19). The van der Waals surface area contributed by atoms with Crippen LogP contribution in [0.2, 0.25) is 0 Å². The summed E-state index contributed by atoms with van der Waals surface area (Å²) in [6.07, 6.45) is 0. The van der Waals surface area contributed by atoms with Crippen LogP contribution in [0.25, 0.3) is 0 Å². The molecule has 1 saturated heterocycles. The van der Waals surface area contributed by atoms with Crippen molar-refractivity contribution in [1.29, 1.82) is 0 Å². The van der Waals surface area contributed by atoms with Gasteiger partial charge in [-0.1, -0.05) is 6.07 Å². The van der Waals surface area contributed by atoms with Gasteiger partial charge in [-0.05, 0) is 19.1 Å². The molecule has 0 saturated carbocycles. The Hall–Kier alpha value is -2.12. The van der Waals surface area contributed by atoms with Gasteiger partial charge in [-0.15, -0.1) is 0 Å². The van der Waals surface area contributed by atoms with Gasteiger partial charge in [0.05, 0.1) is 5.60 Å². The second-order valence-corrected chi connectivity index (χ2v) is 5.10. The Balaban J connectivity index is 1.82. The summed E-state index contributed by atoms with van der Waals surface area (Å²) in [6.45, 7) is 2.96. The number of rotatable bonds is 7. The molecule has 0 radical (unpaired) electrons. The molecule has 1 aliphatic rings. The zero-order valence-electron chi connectivity index (χ0n) is 11.7. The summed E-state index contributed by atoms with van der Waals surface area (Å²) in [5, 5.41) is 14.3. The second kappa shape index (κ2) is 6.55. The first kappa shape index (κ1) is 15.3. The third kappa shape index (κ3) is 4.73. The van der Waals surface area contributed by atoms with Crippen molar-refractivity contribution in [2.75, 3.05) is 31.6 Å². The minimum absolute atomic E-state index is 0.0294. The molecular formula is C14H18N2O5. The predicted molar refractivity (Wildman–Crippen MR) is 75.4 cm³/mol. The Morgan fingerprint density at radius 1 is 1.38 bits per heavy atom. The van der Waals surface area contributed by atoms with E-state index in [4.69, 9.17) is 14.6 Å². The van der Waals surface area contributed by atoms with Crippen molar-refractivity contribution in [2.45, 2.75) is 12.5 Å². The van der Waals surface area contributed by atoms with E-state index in [9.17, 15) is 9.59 Å². The van der Waals surface area contributed by atoms with Gasteiger partial charge in [-0.3, -0.25) is 4.79 Å². The highest BCUT2D eigenvalue weighted by molar-refractivity contribution is 5.91. The van der Waals surface area contributed by atoms with Gasteiger partial charge in [0, 0.05) is 24.8 Å². The van der Waals surface area contributed by atoms with Gasteiger partial charge in [-0.2, -0.15) is 0 Å². The van der Waals surface area contributed by atoms with Crippen LogP contribution >= 0.6 is 0 Å². The van der Waals surface area contributed by atoms with Crippen molar-refractivity contribution >= 4 is 17.6 Å². The normalized spacial score (nSPS) is 15.9. The largest absolute Gasteiger partial charge is 0.482 e. The summed E-state index contributed by atoms with van der Waals surface area (Å²) < 4.78 is 10.6. The average Bonchev–Trinajstić information content (AvgIpc) is 2.41. The fourth-order valence-electron chi connectivity index (χ4n) is 1.82. The van der Waals surface area contributed by atoms with E-state index in [0.717, 1.165) is 13.1 Å². The highest BCUT2D eigenvalue weighted by Gasteiger charge is 2.32. The molecule has 2 rings (SSSR count). The van der Waals surface area contributed by atoms with Crippen LogP contribution in [-0.2, 0) is 14.3 Å². The number of hydrogen-bond donors (Lipinski definition) is 3. The van der Waals surface area contributed by atoms with Crippen molar-refractivity contribution in [2.24, 2.45) is 0 Å². The number of ether oxygens (including phenoxy) is 2. The fraction of sp³-hybridized carbons (Fsp3) is 0.429. The van der Waals surface area contributed by atoms with E-state index in [1.54, 1.807) is 24.3 Å². The summed E-state index contributed by atoms with van der Waals surface area (Å²) in [6, 6.07) is 6.55. The lowest BCUT2D eigenvalue weighted by Crippen LogP contribution is -2.59. The number of aliphatic carboxylic acids is 1. The third-order valence-corrected chi connectivity index (χ3v) is 3.03. The van der Waals surface area contributed by atoms with Crippen LogP contribution in [0.3, 0.4) is 0 Å². The topological polar surface area (TPSA) is 96.9 Å². The van der Waals surface area contributed by atoms with Gasteiger partial charge in [0.2, 0.25) is 5.91 Å². The summed E-state index contributed by atoms with van der Waals surface area (Å²) >= 11 is 0. The van der Waals surface area contributed by atoms with Crippen molar-refractivity contribution in [1.82, 2.24) is 5.32 Å². The number of benzene rings is 1. The van der Waals surface area contributed by atoms with Crippen molar-refractivity contribution < 1.29 is 24.2 Å². The molecule has 114 valence electrons. The first-order valence-electron chi connectivity index (χ1n) is 6.56. The lowest BCUT2D eigenvalue weighted by molar-refractivity contribution is -0.139. The molecule has 1 fully saturated rings. The number of carboxylic acid groups (broad SMARTS) is 1. The molecule has 0 aromatic heterocycles. The number of nitrogens with one attached hydrogen (secondary N) is 2. The molecule has 0 unspecified atom stereocenters. The molecular weight excluding hydrogens is 276 g/mol. The molecule has 1 aliphatic heterocycles. The molecule has 7 nitrogen and oxygen atoms in total. The number of amides is 1. The molecule has 1 aromatic carbocycles. The Labute approximate surface area is 122 Å².